The molecule has 1 aliphatic rings. The summed E-state index contributed by atoms with van der Waals surface area (Å²) in [7, 11) is -2.35. The Morgan fingerprint density at radius 3 is 2.21 bits per heavy atom. The Kier molecular flexibility index (Phi) is 6.47. The number of para-hydroxylation sites is 1. The lowest BCUT2D eigenvalue weighted by molar-refractivity contribution is -0.139. The van der Waals surface area contributed by atoms with Crippen LogP contribution in [0.5, 0.6) is 0 Å². The highest BCUT2D eigenvalue weighted by Gasteiger charge is 2.28. The Morgan fingerprint density at radius 2 is 1.56 bits per heavy atom. The molecule has 4 rings (SSSR count). The van der Waals surface area contributed by atoms with Crippen molar-refractivity contribution in [1.82, 2.24) is 4.90 Å². The SMILES string of the molecule is CN(c1ccccc1)S(=O)(=O)c1cccc(NC(=O)c2ccc(CN3C(=O)CCC3=O)cc2)c1. The lowest BCUT2D eigenvalue weighted by Gasteiger charge is -2.20. The van der Waals surface area contributed by atoms with Gasteiger partial charge in [-0.15, -0.1) is 0 Å². The summed E-state index contributed by atoms with van der Waals surface area (Å²) in [6.07, 6.45) is 0.463. The van der Waals surface area contributed by atoms with E-state index in [2.05, 4.69) is 5.32 Å². The number of hydrogen-bond acceptors (Lipinski definition) is 5. The molecule has 0 aromatic heterocycles. The predicted molar refractivity (Wildman–Crippen MR) is 128 cm³/mol. The van der Waals surface area contributed by atoms with Crippen molar-refractivity contribution in [1.29, 1.82) is 0 Å². The number of benzene rings is 3. The number of carbonyl (C=O) groups excluding carboxylic acids is 3. The van der Waals surface area contributed by atoms with Crippen molar-refractivity contribution in [3.63, 3.8) is 0 Å². The topological polar surface area (TPSA) is 104 Å². The van der Waals surface area contributed by atoms with Gasteiger partial charge in [0.15, 0.2) is 0 Å². The first-order valence-corrected chi connectivity index (χ1v) is 12.1. The predicted octanol–water partition coefficient (Wildman–Crippen LogP) is 3.41. The van der Waals surface area contributed by atoms with Gasteiger partial charge in [0, 0.05) is 31.1 Å². The summed E-state index contributed by atoms with van der Waals surface area (Å²) in [5.74, 6) is -0.801. The van der Waals surface area contributed by atoms with E-state index >= 15 is 0 Å². The van der Waals surface area contributed by atoms with Crippen LogP contribution in [-0.2, 0) is 26.2 Å². The zero-order valence-corrected chi connectivity index (χ0v) is 19.3. The highest BCUT2D eigenvalue weighted by molar-refractivity contribution is 7.92. The minimum atomic E-state index is -3.82. The molecule has 1 aliphatic heterocycles. The quantitative estimate of drug-likeness (QED) is 0.525. The van der Waals surface area contributed by atoms with Gasteiger partial charge in [-0.3, -0.25) is 23.6 Å². The zero-order chi connectivity index (χ0) is 24.3. The summed E-state index contributed by atoms with van der Waals surface area (Å²) in [6, 6.07) is 21.3. The molecule has 8 nitrogen and oxygen atoms in total. The standard InChI is InChI=1S/C25H23N3O5S/c1-27(21-7-3-2-4-8-21)34(32,33)22-9-5-6-20(16-22)26-25(31)19-12-10-18(11-13-19)17-28-23(29)14-15-24(28)30/h2-13,16H,14-15,17H2,1H3,(H,26,31). The second kappa shape index (κ2) is 9.48. The number of imide groups is 1. The number of anilines is 2. The third-order valence-electron chi connectivity index (χ3n) is 5.58. The smallest absolute Gasteiger partial charge is 0.264 e. The van der Waals surface area contributed by atoms with Gasteiger partial charge in [-0.2, -0.15) is 0 Å². The number of likely N-dealkylation sites (tertiary alicyclic amines) is 1. The van der Waals surface area contributed by atoms with E-state index in [-0.39, 0.29) is 36.1 Å². The molecule has 0 aliphatic carbocycles. The lowest BCUT2D eigenvalue weighted by Crippen LogP contribution is -2.28. The third kappa shape index (κ3) is 4.84. The fourth-order valence-electron chi connectivity index (χ4n) is 3.62. The lowest BCUT2D eigenvalue weighted by atomic mass is 10.1. The van der Waals surface area contributed by atoms with Crippen molar-refractivity contribution in [2.75, 3.05) is 16.7 Å². The molecule has 0 spiro atoms. The molecule has 0 radical (unpaired) electrons. The largest absolute Gasteiger partial charge is 0.322 e. The average Bonchev–Trinajstić information content (AvgIpc) is 3.16. The van der Waals surface area contributed by atoms with Gasteiger partial charge in [-0.25, -0.2) is 8.42 Å². The molecule has 9 heteroatoms. The minimum absolute atomic E-state index is 0.0481. The molecule has 0 bridgehead atoms. The van der Waals surface area contributed by atoms with Gasteiger partial charge >= 0.3 is 0 Å². The second-order valence-corrected chi connectivity index (χ2v) is 9.83. The first-order chi connectivity index (χ1) is 16.3. The monoisotopic (exact) mass is 477 g/mol. The summed E-state index contributed by atoms with van der Waals surface area (Å²) in [6.45, 7) is 0.175. The molecule has 174 valence electrons. The van der Waals surface area contributed by atoms with E-state index < -0.39 is 15.9 Å². The van der Waals surface area contributed by atoms with E-state index in [0.717, 1.165) is 5.56 Å². The van der Waals surface area contributed by atoms with E-state index in [1.54, 1.807) is 66.7 Å². The van der Waals surface area contributed by atoms with Crippen LogP contribution in [0.3, 0.4) is 0 Å². The number of nitrogens with one attached hydrogen (secondary N) is 1. The van der Waals surface area contributed by atoms with Crippen LogP contribution in [0, 0.1) is 0 Å². The van der Waals surface area contributed by atoms with E-state index in [0.29, 0.717) is 16.9 Å². The molecule has 1 heterocycles. The number of nitrogens with zero attached hydrogens (tertiary/aromatic N) is 2. The minimum Gasteiger partial charge on any atom is -0.322 e. The molecule has 3 aromatic rings. The van der Waals surface area contributed by atoms with Crippen molar-refractivity contribution < 1.29 is 22.8 Å². The summed E-state index contributed by atoms with van der Waals surface area (Å²) >= 11 is 0. The molecule has 1 saturated heterocycles. The second-order valence-electron chi connectivity index (χ2n) is 7.86. The maximum Gasteiger partial charge on any atom is 0.264 e. The van der Waals surface area contributed by atoms with E-state index in [1.165, 1.54) is 28.4 Å². The summed E-state index contributed by atoms with van der Waals surface area (Å²) in [5.41, 5.74) is 1.95. The van der Waals surface area contributed by atoms with Gasteiger partial charge in [-0.05, 0) is 48.0 Å². The number of sulfonamides is 1. The van der Waals surface area contributed by atoms with Crippen LogP contribution in [0.25, 0.3) is 0 Å². The summed E-state index contributed by atoms with van der Waals surface area (Å²) in [4.78, 5) is 37.5. The third-order valence-corrected chi connectivity index (χ3v) is 7.36. The summed E-state index contributed by atoms with van der Waals surface area (Å²) in [5, 5.41) is 2.72. The normalized spacial score (nSPS) is 13.7. The average molecular weight is 478 g/mol. The Balaban J connectivity index is 1.46. The van der Waals surface area contributed by atoms with Gasteiger partial charge in [0.05, 0.1) is 17.1 Å². The zero-order valence-electron chi connectivity index (χ0n) is 18.5. The molecular formula is C25H23N3O5S. The first kappa shape index (κ1) is 23.2. The van der Waals surface area contributed by atoms with Crippen molar-refractivity contribution in [2.24, 2.45) is 0 Å². The Bertz CT molecular complexity index is 1320. The first-order valence-electron chi connectivity index (χ1n) is 10.6. The van der Waals surface area contributed by atoms with Gasteiger partial charge in [0.2, 0.25) is 11.8 Å². The van der Waals surface area contributed by atoms with Crippen molar-refractivity contribution in [2.45, 2.75) is 24.3 Å². The maximum absolute atomic E-state index is 13.0. The van der Waals surface area contributed by atoms with Gasteiger partial charge in [0.1, 0.15) is 0 Å². The van der Waals surface area contributed by atoms with Crippen molar-refractivity contribution in [3.05, 3.63) is 90.0 Å². The van der Waals surface area contributed by atoms with E-state index in [9.17, 15) is 22.8 Å². The molecule has 34 heavy (non-hydrogen) atoms. The molecule has 0 saturated carbocycles. The van der Waals surface area contributed by atoms with Crippen LogP contribution in [0.1, 0.15) is 28.8 Å². The van der Waals surface area contributed by atoms with E-state index in [4.69, 9.17) is 0 Å². The molecule has 3 aromatic carbocycles. The maximum atomic E-state index is 13.0. The van der Waals surface area contributed by atoms with Crippen molar-refractivity contribution in [3.8, 4) is 0 Å². The van der Waals surface area contributed by atoms with Crippen LogP contribution in [0.15, 0.2) is 83.8 Å². The molecule has 0 atom stereocenters. The van der Waals surface area contributed by atoms with Crippen LogP contribution >= 0.6 is 0 Å². The Morgan fingerprint density at radius 1 is 0.912 bits per heavy atom. The van der Waals surface area contributed by atoms with Gasteiger partial charge in [0.25, 0.3) is 15.9 Å². The fourth-order valence-corrected chi connectivity index (χ4v) is 4.86. The molecule has 3 amide bonds. The number of amides is 3. The summed E-state index contributed by atoms with van der Waals surface area (Å²) < 4.78 is 27.2. The molecule has 1 fully saturated rings. The number of rotatable bonds is 7. The Labute approximate surface area is 197 Å². The van der Waals surface area contributed by atoms with Crippen LogP contribution in [-0.4, -0.2) is 38.1 Å². The highest BCUT2D eigenvalue weighted by atomic mass is 32.2. The number of hydrogen-bond donors (Lipinski definition) is 1. The fraction of sp³-hybridized carbons (Fsp3) is 0.160. The van der Waals surface area contributed by atoms with Crippen molar-refractivity contribution >= 4 is 39.1 Å². The van der Waals surface area contributed by atoms with E-state index in [1.807, 2.05) is 0 Å². The Hall–Kier alpha value is -3.98. The van der Waals surface area contributed by atoms with Crippen LogP contribution in [0.2, 0.25) is 0 Å². The highest BCUT2D eigenvalue weighted by Crippen LogP contribution is 2.24. The van der Waals surface area contributed by atoms with Crippen LogP contribution < -0.4 is 9.62 Å². The number of carbonyl (C=O) groups is 3. The molecule has 1 N–H and O–H groups in total. The molecule has 0 unspecified atom stereocenters. The van der Waals surface area contributed by atoms with Gasteiger partial charge in [-0.1, -0.05) is 36.4 Å². The van der Waals surface area contributed by atoms with Crippen LogP contribution in [0.4, 0.5) is 11.4 Å². The molecular weight excluding hydrogens is 454 g/mol. The van der Waals surface area contributed by atoms with Gasteiger partial charge < -0.3 is 5.32 Å².